The maximum absolute atomic E-state index is 13.0. The molecule has 2 N–H and O–H groups in total. The van der Waals surface area contributed by atoms with Crippen molar-refractivity contribution in [1.82, 2.24) is 15.5 Å². The molecule has 4 unspecified atom stereocenters. The highest BCUT2D eigenvalue weighted by Gasteiger charge is 2.71. The largest absolute Gasteiger partial charge is 0.497 e. The maximum atomic E-state index is 13.0. The van der Waals surface area contributed by atoms with Gasteiger partial charge in [0.05, 0.1) is 7.11 Å². The first-order valence-electron chi connectivity index (χ1n) is 15.0. The number of amides is 2. The van der Waals surface area contributed by atoms with Crippen LogP contribution in [0, 0.1) is 17.3 Å². The third kappa shape index (κ3) is 4.72. The zero-order valence-corrected chi connectivity index (χ0v) is 24.7. The summed E-state index contributed by atoms with van der Waals surface area (Å²) >= 11 is 0. The van der Waals surface area contributed by atoms with Gasteiger partial charge in [0.25, 0.3) is 5.91 Å². The number of alkyl carbamates (subject to hydrolysis) is 1. The van der Waals surface area contributed by atoms with Gasteiger partial charge in [-0.1, -0.05) is 36.4 Å². The minimum atomic E-state index is -0.514. The van der Waals surface area contributed by atoms with Gasteiger partial charge >= 0.3 is 6.09 Å². The molecule has 218 valence electrons. The second kappa shape index (κ2) is 10.5. The summed E-state index contributed by atoms with van der Waals surface area (Å²) in [5.74, 6) is 1.61. The summed E-state index contributed by atoms with van der Waals surface area (Å²) < 4.78 is 11.2. The fourth-order valence-corrected chi connectivity index (χ4v) is 8.72. The predicted octanol–water partition coefficient (Wildman–Crippen LogP) is 5.10. The Balaban J connectivity index is 1.29. The van der Waals surface area contributed by atoms with Crippen molar-refractivity contribution < 1.29 is 19.1 Å². The Hall–Kier alpha value is -3.32. The summed E-state index contributed by atoms with van der Waals surface area (Å²) in [6.07, 6.45) is 8.63. The molecule has 2 fully saturated rings. The minimum Gasteiger partial charge on any atom is -0.497 e. The number of hydrogen-bond acceptors (Lipinski definition) is 5. The third-order valence-electron chi connectivity index (χ3n) is 10.1. The van der Waals surface area contributed by atoms with Crippen LogP contribution in [0.15, 0.2) is 60.7 Å². The van der Waals surface area contributed by atoms with Crippen LogP contribution in [-0.2, 0) is 16.6 Å². The van der Waals surface area contributed by atoms with Crippen molar-refractivity contribution in [2.75, 3.05) is 33.3 Å². The molecule has 2 aromatic carbocycles. The maximum Gasteiger partial charge on any atom is 0.407 e. The Morgan fingerprint density at radius 2 is 1.90 bits per heavy atom. The van der Waals surface area contributed by atoms with E-state index in [1.54, 1.807) is 7.11 Å². The average molecular weight is 558 g/mol. The van der Waals surface area contributed by atoms with Crippen LogP contribution in [0.4, 0.5) is 4.79 Å². The van der Waals surface area contributed by atoms with Crippen molar-refractivity contribution in [1.29, 1.82) is 0 Å². The van der Waals surface area contributed by atoms with E-state index in [1.807, 2.05) is 51.1 Å². The SMILES string of the molecule is COc1ccc2c(c1)C13CCN(CCNC(=O)OC(C)(C)C)C(C2)C12CC=CC3[C@H](CNC(=O)c1ccccc1)C2. The molecule has 1 saturated carbocycles. The van der Waals surface area contributed by atoms with Gasteiger partial charge in [0.2, 0.25) is 0 Å². The second-order valence-corrected chi connectivity index (χ2v) is 13.3. The van der Waals surface area contributed by atoms with Crippen LogP contribution >= 0.6 is 0 Å². The molecule has 3 aliphatic carbocycles. The van der Waals surface area contributed by atoms with Gasteiger partial charge in [0.1, 0.15) is 11.4 Å². The van der Waals surface area contributed by atoms with E-state index in [2.05, 4.69) is 45.9 Å². The third-order valence-corrected chi connectivity index (χ3v) is 10.1. The molecule has 5 atom stereocenters. The Bertz CT molecular complexity index is 1340. The number of hydrogen-bond donors (Lipinski definition) is 2. The number of likely N-dealkylation sites (tertiary alicyclic amines) is 1. The van der Waals surface area contributed by atoms with E-state index in [1.165, 1.54) is 11.1 Å². The molecular formula is C34H43N3O4. The Labute approximate surface area is 243 Å². The fourth-order valence-electron chi connectivity index (χ4n) is 8.72. The molecule has 4 bridgehead atoms. The fraction of sp³-hybridized carbons (Fsp3) is 0.529. The lowest BCUT2D eigenvalue weighted by Crippen LogP contribution is -2.67. The van der Waals surface area contributed by atoms with Gasteiger partial charge in [0.15, 0.2) is 0 Å². The first-order chi connectivity index (χ1) is 19.7. The molecule has 2 amide bonds. The standard InChI is InChI=1S/C34H43N3O4/c1-32(2,3)41-31(39)35-16-18-37-17-15-34-27-11-8-14-33(34,29(37)19-24-12-13-26(40-4)20-28(24)34)21-25(27)22-36-30(38)23-9-6-5-7-10-23/h5-13,20,25,27,29H,14-19,21-22H2,1-4H3,(H,35,39)(H,36,38)/t25-,27?,29?,33?,34?/m0/s1. The van der Waals surface area contributed by atoms with Crippen molar-refractivity contribution in [3.8, 4) is 5.75 Å². The number of ether oxygens (including phenoxy) is 2. The Morgan fingerprint density at radius 3 is 2.66 bits per heavy atom. The summed E-state index contributed by atoms with van der Waals surface area (Å²) in [5.41, 5.74) is 3.12. The molecule has 1 heterocycles. The molecule has 1 saturated heterocycles. The van der Waals surface area contributed by atoms with Gasteiger partial charge < -0.3 is 20.1 Å². The first-order valence-corrected chi connectivity index (χ1v) is 15.0. The van der Waals surface area contributed by atoms with Gasteiger partial charge in [0, 0.05) is 42.1 Å². The molecule has 1 aliphatic heterocycles. The predicted molar refractivity (Wildman–Crippen MR) is 159 cm³/mol. The number of methoxy groups -OCH3 is 1. The van der Waals surface area contributed by atoms with Crippen molar-refractivity contribution in [2.24, 2.45) is 17.3 Å². The monoisotopic (exact) mass is 557 g/mol. The van der Waals surface area contributed by atoms with Crippen LogP contribution in [0.5, 0.6) is 5.75 Å². The zero-order chi connectivity index (χ0) is 28.8. The van der Waals surface area contributed by atoms with Crippen LogP contribution in [0.25, 0.3) is 0 Å². The average Bonchev–Trinajstić information content (AvgIpc) is 3.10. The Kier molecular flexibility index (Phi) is 7.13. The molecule has 4 aliphatic rings. The zero-order valence-electron chi connectivity index (χ0n) is 24.7. The number of fused-ring (bicyclic) bond motifs is 1. The van der Waals surface area contributed by atoms with Crippen LogP contribution in [0.2, 0.25) is 0 Å². The number of nitrogens with zero attached hydrogens (tertiary/aromatic N) is 1. The van der Waals surface area contributed by atoms with Crippen molar-refractivity contribution >= 4 is 12.0 Å². The van der Waals surface area contributed by atoms with Crippen LogP contribution in [0.1, 0.15) is 61.5 Å². The van der Waals surface area contributed by atoms with Crippen LogP contribution < -0.4 is 15.4 Å². The summed E-state index contributed by atoms with van der Waals surface area (Å²) in [6, 6.07) is 16.5. The minimum absolute atomic E-state index is 0.00566. The van der Waals surface area contributed by atoms with E-state index < -0.39 is 5.60 Å². The quantitative estimate of drug-likeness (QED) is 0.463. The van der Waals surface area contributed by atoms with Crippen LogP contribution in [-0.4, -0.2) is 61.8 Å². The van der Waals surface area contributed by atoms with Gasteiger partial charge in [-0.15, -0.1) is 0 Å². The van der Waals surface area contributed by atoms with E-state index >= 15 is 0 Å². The topological polar surface area (TPSA) is 79.9 Å². The first kappa shape index (κ1) is 27.8. The number of nitrogens with one attached hydrogen (secondary N) is 2. The molecule has 0 spiro atoms. The number of carbonyl (C=O) groups excluding carboxylic acids is 2. The summed E-state index contributed by atoms with van der Waals surface area (Å²) in [4.78, 5) is 28.0. The van der Waals surface area contributed by atoms with Gasteiger partial charge in [-0.2, -0.15) is 0 Å². The molecule has 6 rings (SSSR count). The number of carbonyl (C=O) groups is 2. The summed E-state index contributed by atoms with van der Waals surface area (Å²) in [5, 5.41) is 6.27. The van der Waals surface area contributed by atoms with Gasteiger partial charge in [-0.05, 0) is 100 Å². The second-order valence-electron chi connectivity index (χ2n) is 13.3. The lowest BCUT2D eigenvalue weighted by molar-refractivity contribution is -0.0612. The summed E-state index contributed by atoms with van der Waals surface area (Å²) in [6.45, 7) is 8.64. The molecule has 2 aromatic rings. The van der Waals surface area contributed by atoms with E-state index in [-0.39, 0.29) is 22.8 Å². The molecule has 7 heteroatoms. The van der Waals surface area contributed by atoms with E-state index in [0.29, 0.717) is 36.5 Å². The van der Waals surface area contributed by atoms with Gasteiger partial charge in [-0.3, -0.25) is 9.69 Å². The molecule has 7 nitrogen and oxygen atoms in total. The van der Waals surface area contributed by atoms with Crippen LogP contribution in [0.3, 0.4) is 0 Å². The number of benzene rings is 2. The molecular weight excluding hydrogens is 514 g/mol. The van der Waals surface area contributed by atoms with E-state index in [4.69, 9.17) is 9.47 Å². The highest BCUT2D eigenvalue weighted by Crippen LogP contribution is 2.72. The van der Waals surface area contributed by atoms with Crippen molar-refractivity contribution in [2.45, 2.75) is 63.5 Å². The lowest BCUT2D eigenvalue weighted by atomic mass is 9.45. The normalized spacial score (nSPS) is 29.7. The highest BCUT2D eigenvalue weighted by atomic mass is 16.6. The molecule has 0 radical (unpaired) electrons. The molecule has 41 heavy (non-hydrogen) atoms. The van der Waals surface area contributed by atoms with Crippen molar-refractivity contribution in [3.63, 3.8) is 0 Å². The summed E-state index contributed by atoms with van der Waals surface area (Å²) in [7, 11) is 1.75. The van der Waals surface area contributed by atoms with Crippen molar-refractivity contribution in [3.05, 3.63) is 77.4 Å². The Morgan fingerprint density at radius 1 is 1.10 bits per heavy atom. The van der Waals surface area contributed by atoms with E-state index in [9.17, 15) is 9.59 Å². The van der Waals surface area contributed by atoms with E-state index in [0.717, 1.165) is 44.5 Å². The number of allylic oxidation sites excluding steroid dienone is 2. The molecule has 0 aromatic heterocycles. The van der Waals surface area contributed by atoms with Gasteiger partial charge in [-0.25, -0.2) is 4.79 Å². The highest BCUT2D eigenvalue weighted by molar-refractivity contribution is 5.94. The number of piperidine rings is 1. The number of rotatable bonds is 7. The smallest absolute Gasteiger partial charge is 0.407 e. The lowest BCUT2D eigenvalue weighted by Gasteiger charge is -2.64.